The van der Waals surface area contributed by atoms with Crippen molar-refractivity contribution in [3.63, 3.8) is 0 Å². The van der Waals surface area contributed by atoms with Gasteiger partial charge in [0, 0.05) is 28.3 Å². The van der Waals surface area contributed by atoms with Gasteiger partial charge in [-0.15, -0.1) is 0 Å². The highest BCUT2D eigenvalue weighted by molar-refractivity contribution is 14.1. The van der Waals surface area contributed by atoms with Crippen LogP contribution in [0.25, 0.3) is 11.2 Å². The summed E-state index contributed by atoms with van der Waals surface area (Å²) in [6.07, 6.45) is -2.05. The van der Waals surface area contributed by atoms with Gasteiger partial charge < -0.3 is 31.5 Å². The number of aliphatic hydroxyl groups is 2. The molecule has 0 bridgehead atoms. The number of hydrogen-bond acceptors (Lipinski definition) is 10. The number of ether oxygens (including phenoxy) is 1. The second-order valence-electron chi connectivity index (χ2n) is 6.06. The minimum atomic E-state index is -1.18. The Hall–Kier alpha value is -1.26. The van der Waals surface area contributed by atoms with Gasteiger partial charge in [0.05, 0.1) is 12.4 Å². The maximum absolute atomic E-state index is 10.7. The summed E-state index contributed by atoms with van der Waals surface area (Å²) in [5.74, 6) is 0.0447. The summed E-state index contributed by atoms with van der Waals surface area (Å²) in [5.41, 5.74) is 12.1. The Bertz CT molecular complexity index is 838. The summed E-state index contributed by atoms with van der Waals surface area (Å²) in [6, 6.07) is -0.921. The number of carbonyl (C=O) groups is 1. The summed E-state index contributed by atoms with van der Waals surface area (Å²) in [4.78, 5) is 23.2. The van der Waals surface area contributed by atoms with Gasteiger partial charge in [-0.2, -0.15) is 11.8 Å². The lowest BCUT2D eigenvalue weighted by molar-refractivity contribution is -0.138. The maximum atomic E-state index is 10.7. The lowest BCUT2D eigenvalue weighted by Crippen LogP contribution is -2.33. The van der Waals surface area contributed by atoms with E-state index in [0.717, 1.165) is 0 Å². The van der Waals surface area contributed by atoms with Crippen LogP contribution in [0.2, 0.25) is 0 Å². The molecule has 1 saturated heterocycles. The van der Waals surface area contributed by atoms with Crippen molar-refractivity contribution in [1.82, 2.24) is 19.5 Å². The predicted octanol–water partition coefficient (Wildman–Crippen LogP) is -0.832. The van der Waals surface area contributed by atoms with E-state index < -0.39 is 36.6 Å². The molecule has 1 unspecified atom stereocenters. The first kappa shape index (κ1) is 20.5. The number of halogens is 1. The molecule has 0 spiro atoms. The molecular formula is C14H19IN6O5S. The van der Waals surface area contributed by atoms with Crippen LogP contribution in [0.5, 0.6) is 0 Å². The number of aliphatic carboxylic acids is 1. The highest BCUT2D eigenvalue weighted by Gasteiger charge is 2.44. The van der Waals surface area contributed by atoms with Crippen molar-refractivity contribution >= 4 is 57.3 Å². The number of thioether (sulfide) groups is 1. The van der Waals surface area contributed by atoms with Gasteiger partial charge in [0.25, 0.3) is 0 Å². The number of anilines is 1. The number of hydrogen-bond donors (Lipinski definition) is 5. The van der Waals surface area contributed by atoms with Gasteiger partial charge in [-0.25, -0.2) is 15.0 Å². The number of aliphatic hydroxyl groups excluding tert-OH is 2. The van der Waals surface area contributed by atoms with Gasteiger partial charge in [0.2, 0.25) is 0 Å². The molecule has 0 amide bonds. The quantitative estimate of drug-likeness (QED) is 0.178. The zero-order chi connectivity index (χ0) is 19.7. The lowest BCUT2D eigenvalue weighted by atomic mass is 10.1. The summed E-state index contributed by atoms with van der Waals surface area (Å²) in [5, 5.41) is 29.5. The second kappa shape index (κ2) is 8.40. The van der Waals surface area contributed by atoms with Gasteiger partial charge in [0.1, 0.15) is 23.8 Å². The van der Waals surface area contributed by atoms with Crippen LogP contribution >= 0.6 is 34.4 Å². The average molecular weight is 510 g/mol. The Morgan fingerprint density at radius 2 is 2.15 bits per heavy atom. The summed E-state index contributed by atoms with van der Waals surface area (Å²) in [7, 11) is 0. The van der Waals surface area contributed by atoms with Crippen LogP contribution in [0.15, 0.2) is 6.33 Å². The van der Waals surface area contributed by atoms with Crippen molar-refractivity contribution in [1.29, 1.82) is 0 Å². The molecule has 3 heterocycles. The van der Waals surface area contributed by atoms with Gasteiger partial charge in [-0.3, -0.25) is 9.36 Å². The summed E-state index contributed by atoms with van der Waals surface area (Å²) < 4.78 is 7.77. The molecule has 0 radical (unpaired) electrons. The van der Waals surface area contributed by atoms with E-state index in [4.69, 9.17) is 21.3 Å². The molecule has 148 valence electrons. The molecule has 2 aromatic heterocycles. The summed E-state index contributed by atoms with van der Waals surface area (Å²) in [6.45, 7) is 0. The Balaban J connectivity index is 1.68. The Labute approximate surface area is 171 Å². The van der Waals surface area contributed by atoms with Crippen LogP contribution in [0.3, 0.4) is 0 Å². The van der Waals surface area contributed by atoms with Crippen molar-refractivity contribution in [2.45, 2.75) is 37.0 Å². The number of imidazole rings is 1. The van der Waals surface area contributed by atoms with E-state index in [-0.39, 0.29) is 5.82 Å². The first-order valence-corrected chi connectivity index (χ1v) is 10.3. The third kappa shape index (κ3) is 4.27. The molecule has 1 fully saturated rings. The van der Waals surface area contributed by atoms with E-state index in [0.29, 0.717) is 32.9 Å². The SMILES string of the molecule is Nc1nc(I)nc2c1ncn2[C@@H]1O[C@H](CSCCC(N)C(=O)O)[C@H](O)[C@H]1O. The molecule has 7 N–H and O–H groups in total. The van der Waals surface area contributed by atoms with Crippen LogP contribution in [-0.2, 0) is 9.53 Å². The molecule has 0 aliphatic carbocycles. The Morgan fingerprint density at radius 3 is 2.85 bits per heavy atom. The number of nitrogens with zero attached hydrogens (tertiary/aromatic N) is 4. The Morgan fingerprint density at radius 1 is 1.41 bits per heavy atom. The first-order chi connectivity index (χ1) is 12.8. The molecule has 27 heavy (non-hydrogen) atoms. The molecule has 5 atom stereocenters. The molecule has 0 saturated carbocycles. The maximum Gasteiger partial charge on any atom is 0.320 e. The number of nitrogens with two attached hydrogens (primary N) is 2. The zero-order valence-electron chi connectivity index (χ0n) is 14.0. The fourth-order valence-electron chi connectivity index (χ4n) is 2.73. The number of rotatable bonds is 7. The molecule has 1 aliphatic rings. The zero-order valence-corrected chi connectivity index (χ0v) is 16.9. The molecule has 11 nitrogen and oxygen atoms in total. The number of fused-ring (bicyclic) bond motifs is 1. The monoisotopic (exact) mass is 510 g/mol. The van der Waals surface area contributed by atoms with E-state index in [1.165, 1.54) is 22.7 Å². The molecule has 2 aromatic rings. The standard InChI is InChI=1S/C14H19IN6O5S/c15-14-19-10(17)7-11(20-14)21(4-18-7)12-9(23)8(22)6(26-12)3-27-2-1-5(16)13(24)25/h4-6,8-9,12,22-23H,1-3,16H2,(H,24,25)(H2,17,19,20)/t5?,6-,8+,9-,12-/m1/s1. The number of carboxylic acids is 1. The minimum absolute atomic E-state index is 0.220. The predicted molar refractivity (Wildman–Crippen MR) is 106 cm³/mol. The van der Waals surface area contributed by atoms with Crippen molar-refractivity contribution in [2.75, 3.05) is 17.2 Å². The highest BCUT2D eigenvalue weighted by atomic mass is 127. The number of carboxylic acid groups (broad SMARTS) is 1. The topological polar surface area (TPSA) is 183 Å². The average Bonchev–Trinajstić information content (AvgIpc) is 3.14. The van der Waals surface area contributed by atoms with E-state index in [2.05, 4.69) is 15.0 Å². The smallest absolute Gasteiger partial charge is 0.320 e. The van der Waals surface area contributed by atoms with Crippen LogP contribution < -0.4 is 11.5 Å². The van der Waals surface area contributed by atoms with Crippen LogP contribution in [0, 0.1) is 3.83 Å². The van der Waals surface area contributed by atoms with Gasteiger partial charge in [0.15, 0.2) is 21.5 Å². The number of nitrogen functional groups attached to an aromatic ring is 1. The van der Waals surface area contributed by atoms with Crippen LogP contribution in [-0.4, -0.2) is 76.7 Å². The van der Waals surface area contributed by atoms with Gasteiger partial charge in [-0.05, 0) is 12.2 Å². The molecular weight excluding hydrogens is 491 g/mol. The number of aromatic nitrogens is 4. The second-order valence-corrected chi connectivity index (χ2v) is 8.17. The van der Waals surface area contributed by atoms with Crippen LogP contribution in [0.4, 0.5) is 5.82 Å². The van der Waals surface area contributed by atoms with Crippen molar-refractivity contribution in [2.24, 2.45) is 5.73 Å². The molecule has 1 aliphatic heterocycles. The third-order valence-electron chi connectivity index (χ3n) is 4.20. The lowest BCUT2D eigenvalue weighted by Gasteiger charge is -2.16. The minimum Gasteiger partial charge on any atom is -0.480 e. The largest absolute Gasteiger partial charge is 0.480 e. The fraction of sp³-hybridized carbons (Fsp3) is 0.571. The Kier molecular flexibility index (Phi) is 6.37. The third-order valence-corrected chi connectivity index (χ3v) is 5.78. The van der Waals surface area contributed by atoms with Crippen molar-refractivity contribution < 1.29 is 24.9 Å². The highest BCUT2D eigenvalue weighted by Crippen LogP contribution is 2.33. The van der Waals surface area contributed by atoms with E-state index in [9.17, 15) is 15.0 Å². The molecule has 0 aromatic carbocycles. The van der Waals surface area contributed by atoms with Gasteiger partial charge in [-0.1, -0.05) is 0 Å². The molecule has 3 rings (SSSR count). The van der Waals surface area contributed by atoms with E-state index >= 15 is 0 Å². The van der Waals surface area contributed by atoms with E-state index in [1.807, 2.05) is 22.6 Å². The van der Waals surface area contributed by atoms with Crippen molar-refractivity contribution in [3.8, 4) is 0 Å². The van der Waals surface area contributed by atoms with Crippen LogP contribution in [0.1, 0.15) is 12.6 Å². The first-order valence-electron chi connectivity index (χ1n) is 8.03. The normalized spacial score (nSPS) is 26.5. The fourth-order valence-corrected chi connectivity index (χ4v) is 4.31. The van der Waals surface area contributed by atoms with E-state index in [1.54, 1.807) is 0 Å². The summed E-state index contributed by atoms with van der Waals surface area (Å²) >= 11 is 3.32. The van der Waals surface area contributed by atoms with Gasteiger partial charge >= 0.3 is 5.97 Å². The van der Waals surface area contributed by atoms with Crippen molar-refractivity contribution in [3.05, 3.63) is 10.2 Å². The molecule has 13 heteroatoms.